The van der Waals surface area contributed by atoms with E-state index in [1.165, 1.54) is 4.52 Å². The molecule has 2 aromatic rings. The van der Waals surface area contributed by atoms with Gasteiger partial charge in [-0.2, -0.15) is 4.98 Å². The van der Waals surface area contributed by atoms with E-state index in [0.29, 0.717) is 18.6 Å². The standard InChI is InChI=1S/C14H17N5O3/c1-9-5-8-15-13-16-10(18-19(9)13)11(20)17-14(12(21)22)6-3-2-4-7-14/h5,8H,2-4,6-7H2,1H3,(H,17,20)(H,21,22). The Morgan fingerprint density at radius 2 is 2.05 bits per heavy atom. The Morgan fingerprint density at radius 1 is 1.32 bits per heavy atom. The molecule has 8 heteroatoms. The predicted molar refractivity (Wildman–Crippen MR) is 76.4 cm³/mol. The number of carbonyl (C=O) groups is 2. The Hall–Kier alpha value is -2.51. The van der Waals surface area contributed by atoms with E-state index >= 15 is 0 Å². The van der Waals surface area contributed by atoms with Crippen molar-refractivity contribution in [3.05, 3.63) is 23.8 Å². The molecule has 0 aliphatic heterocycles. The molecule has 0 aromatic carbocycles. The molecule has 1 saturated carbocycles. The average Bonchev–Trinajstić information content (AvgIpc) is 2.94. The van der Waals surface area contributed by atoms with Crippen LogP contribution in [-0.2, 0) is 4.79 Å². The van der Waals surface area contributed by atoms with Crippen molar-refractivity contribution in [2.24, 2.45) is 0 Å². The highest BCUT2D eigenvalue weighted by atomic mass is 16.4. The Balaban J connectivity index is 1.88. The molecule has 1 aliphatic carbocycles. The second kappa shape index (κ2) is 5.36. The summed E-state index contributed by atoms with van der Waals surface area (Å²) in [6, 6.07) is 1.75. The number of rotatable bonds is 3. The van der Waals surface area contributed by atoms with Gasteiger partial charge in [0.2, 0.25) is 5.82 Å². The highest BCUT2D eigenvalue weighted by molar-refractivity contribution is 5.95. The number of nitrogens with one attached hydrogen (secondary N) is 1. The monoisotopic (exact) mass is 303 g/mol. The molecule has 0 spiro atoms. The zero-order valence-corrected chi connectivity index (χ0v) is 12.2. The van der Waals surface area contributed by atoms with E-state index in [1.54, 1.807) is 12.3 Å². The molecule has 2 N–H and O–H groups in total. The van der Waals surface area contributed by atoms with Crippen LogP contribution < -0.4 is 5.32 Å². The molecule has 0 radical (unpaired) electrons. The van der Waals surface area contributed by atoms with Gasteiger partial charge in [-0.15, -0.1) is 5.10 Å². The van der Waals surface area contributed by atoms with Crippen LogP contribution in [0.1, 0.15) is 48.4 Å². The molecule has 2 aromatic heterocycles. The topological polar surface area (TPSA) is 109 Å². The van der Waals surface area contributed by atoms with Gasteiger partial charge in [0.05, 0.1) is 0 Å². The van der Waals surface area contributed by atoms with Gasteiger partial charge in [0.25, 0.3) is 11.7 Å². The first-order valence-electron chi connectivity index (χ1n) is 7.26. The number of carbonyl (C=O) groups excluding carboxylic acids is 1. The van der Waals surface area contributed by atoms with Crippen molar-refractivity contribution in [2.45, 2.75) is 44.6 Å². The summed E-state index contributed by atoms with van der Waals surface area (Å²) in [5, 5.41) is 16.2. The van der Waals surface area contributed by atoms with E-state index < -0.39 is 17.4 Å². The van der Waals surface area contributed by atoms with Crippen molar-refractivity contribution < 1.29 is 14.7 Å². The first-order valence-corrected chi connectivity index (χ1v) is 7.26. The number of aliphatic carboxylic acids is 1. The summed E-state index contributed by atoms with van der Waals surface area (Å²) in [6.45, 7) is 1.82. The molecular weight excluding hydrogens is 286 g/mol. The third kappa shape index (κ3) is 2.40. The lowest BCUT2D eigenvalue weighted by Crippen LogP contribution is -2.55. The van der Waals surface area contributed by atoms with E-state index in [2.05, 4.69) is 20.4 Å². The van der Waals surface area contributed by atoms with Crippen molar-refractivity contribution >= 4 is 17.7 Å². The fraction of sp³-hybridized carbons (Fsp3) is 0.500. The van der Waals surface area contributed by atoms with E-state index in [-0.39, 0.29) is 5.82 Å². The van der Waals surface area contributed by atoms with E-state index in [0.717, 1.165) is 25.0 Å². The van der Waals surface area contributed by atoms with E-state index in [9.17, 15) is 14.7 Å². The van der Waals surface area contributed by atoms with Gasteiger partial charge in [-0.3, -0.25) is 4.79 Å². The molecule has 0 bridgehead atoms. The SMILES string of the molecule is Cc1ccnc2nc(C(=O)NC3(C(=O)O)CCCCC3)nn12. The fourth-order valence-electron chi connectivity index (χ4n) is 2.82. The smallest absolute Gasteiger partial charge is 0.329 e. The molecule has 3 rings (SSSR count). The fourth-order valence-corrected chi connectivity index (χ4v) is 2.82. The second-order valence-corrected chi connectivity index (χ2v) is 5.64. The summed E-state index contributed by atoms with van der Waals surface area (Å²) in [5.41, 5.74) is -0.419. The number of carboxylic acid groups (broad SMARTS) is 1. The van der Waals surface area contributed by atoms with Gasteiger partial charge in [-0.05, 0) is 25.8 Å². The largest absolute Gasteiger partial charge is 0.480 e. The maximum atomic E-state index is 12.4. The summed E-state index contributed by atoms with van der Waals surface area (Å²) < 4.78 is 1.46. The highest BCUT2D eigenvalue weighted by Crippen LogP contribution is 2.28. The van der Waals surface area contributed by atoms with Crippen LogP contribution in [0, 0.1) is 6.92 Å². The van der Waals surface area contributed by atoms with Crippen LogP contribution in [0.2, 0.25) is 0 Å². The number of hydrogen-bond acceptors (Lipinski definition) is 5. The van der Waals surface area contributed by atoms with Crippen molar-refractivity contribution in [1.29, 1.82) is 0 Å². The van der Waals surface area contributed by atoms with Gasteiger partial charge in [-0.1, -0.05) is 19.3 Å². The first-order chi connectivity index (χ1) is 10.5. The number of carboxylic acids is 1. The van der Waals surface area contributed by atoms with Crippen molar-refractivity contribution in [2.75, 3.05) is 0 Å². The van der Waals surface area contributed by atoms with Crippen molar-refractivity contribution in [3.8, 4) is 0 Å². The van der Waals surface area contributed by atoms with Crippen LogP contribution >= 0.6 is 0 Å². The molecule has 2 heterocycles. The van der Waals surface area contributed by atoms with Crippen molar-refractivity contribution in [1.82, 2.24) is 24.9 Å². The molecule has 0 unspecified atom stereocenters. The highest BCUT2D eigenvalue weighted by Gasteiger charge is 2.41. The van der Waals surface area contributed by atoms with Gasteiger partial charge >= 0.3 is 5.97 Å². The third-order valence-electron chi connectivity index (χ3n) is 4.10. The molecule has 1 amide bonds. The summed E-state index contributed by atoms with van der Waals surface area (Å²) in [7, 11) is 0. The normalized spacial score (nSPS) is 17.3. The average molecular weight is 303 g/mol. The molecule has 8 nitrogen and oxygen atoms in total. The second-order valence-electron chi connectivity index (χ2n) is 5.64. The van der Waals surface area contributed by atoms with Crippen LogP contribution in [0.15, 0.2) is 12.3 Å². The van der Waals surface area contributed by atoms with E-state index in [1.807, 2.05) is 6.92 Å². The molecule has 0 saturated heterocycles. The Morgan fingerprint density at radius 3 is 2.68 bits per heavy atom. The number of fused-ring (bicyclic) bond motifs is 1. The molecule has 22 heavy (non-hydrogen) atoms. The quantitative estimate of drug-likeness (QED) is 0.873. The molecule has 1 aliphatic rings. The molecule has 116 valence electrons. The lowest BCUT2D eigenvalue weighted by molar-refractivity contribution is -0.145. The van der Waals surface area contributed by atoms with Crippen LogP contribution in [0.4, 0.5) is 0 Å². The maximum absolute atomic E-state index is 12.4. The van der Waals surface area contributed by atoms with Crippen LogP contribution in [-0.4, -0.2) is 42.1 Å². The number of nitrogens with zero attached hydrogens (tertiary/aromatic N) is 4. The minimum Gasteiger partial charge on any atom is -0.480 e. The van der Waals surface area contributed by atoms with Crippen LogP contribution in [0.5, 0.6) is 0 Å². The van der Waals surface area contributed by atoms with Gasteiger partial charge < -0.3 is 10.4 Å². The lowest BCUT2D eigenvalue weighted by atomic mass is 9.81. The van der Waals surface area contributed by atoms with Gasteiger partial charge in [0.15, 0.2) is 0 Å². The predicted octanol–water partition coefficient (Wildman–Crippen LogP) is 0.950. The van der Waals surface area contributed by atoms with E-state index in [4.69, 9.17) is 0 Å². The molecule has 1 fully saturated rings. The first kappa shape index (κ1) is 14.4. The summed E-state index contributed by atoms with van der Waals surface area (Å²) in [4.78, 5) is 32.1. The van der Waals surface area contributed by atoms with Crippen LogP contribution in [0.3, 0.4) is 0 Å². The number of hydrogen-bond donors (Lipinski definition) is 2. The number of aromatic nitrogens is 4. The number of amides is 1. The minimum absolute atomic E-state index is 0.0620. The Bertz CT molecular complexity index is 733. The van der Waals surface area contributed by atoms with Gasteiger partial charge in [-0.25, -0.2) is 14.3 Å². The number of aryl methyl sites for hydroxylation is 1. The minimum atomic E-state index is -1.21. The lowest BCUT2D eigenvalue weighted by Gasteiger charge is -2.33. The van der Waals surface area contributed by atoms with Gasteiger partial charge in [0.1, 0.15) is 5.54 Å². The van der Waals surface area contributed by atoms with Crippen molar-refractivity contribution in [3.63, 3.8) is 0 Å². The van der Waals surface area contributed by atoms with Gasteiger partial charge in [0, 0.05) is 11.9 Å². The maximum Gasteiger partial charge on any atom is 0.329 e. The molecular formula is C14H17N5O3. The molecule has 0 atom stereocenters. The zero-order valence-electron chi connectivity index (χ0n) is 12.2. The van der Waals surface area contributed by atoms with Crippen LogP contribution in [0.25, 0.3) is 5.78 Å². The Labute approximate surface area is 126 Å². The Kier molecular flexibility index (Phi) is 3.51. The summed E-state index contributed by atoms with van der Waals surface area (Å²) in [6.07, 6.45) is 5.00. The zero-order chi connectivity index (χ0) is 15.7. The third-order valence-corrected chi connectivity index (χ3v) is 4.10. The summed E-state index contributed by atoms with van der Waals surface area (Å²) in [5.74, 6) is -1.32. The summed E-state index contributed by atoms with van der Waals surface area (Å²) >= 11 is 0.